The van der Waals surface area contributed by atoms with Crippen molar-refractivity contribution in [3.8, 4) is 0 Å². The molecule has 0 spiro atoms. The first-order chi connectivity index (χ1) is 7.56. The van der Waals surface area contributed by atoms with E-state index in [1.165, 1.54) is 0 Å². The minimum atomic E-state index is 0.206. The summed E-state index contributed by atoms with van der Waals surface area (Å²) in [5, 5.41) is 13.0. The number of imidazole rings is 1. The smallest absolute Gasteiger partial charge is 0.128 e. The van der Waals surface area contributed by atoms with Gasteiger partial charge in [0.15, 0.2) is 0 Å². The largest absolute Gasteiger partial charge is 0.396 e. The zero-order valence-corrected chi connectivity index (χ0v) is 10.8. The molecule has 0 fully saturated rings. The Balaban J connectivity index is 2.52. The van der Waals surface area contributed by atoms with Crippen molar-refractivity contribution in [2.45, 2.75) is 32.9 Å². The lowest BCUT2D eigenvalue weighted by molar-refractivity contribution is 0.243. The molecule has 0 saturated carbocycles. The molecular formula is C11H20ClN3O. The Morgan fingerprint density at radius 3 is 2.69 bits per heavy atom. The molecule has 0 aromatic carbocycles. The number of aliphatic hydroxyl groups excluding tert-OH is 1. The summed E-state index contributed by atoms with van der Waals surface area (Å²) in [5.41, 5.74) is 0. The lowest BCUT2D eigenvalue weighted by atomic mass is 10.0. The van der Waals surface area contributed by atoms with Gasteiger partial charge in [0.1, 0.15) is 11.0 Å². The van der Waals surface area contributed by atoms with Crippen LogP contribution in [0.5, 0.6) is 0 Å². The van der Waals surface area contributed by atoms with Gasteiger partial charge < -0.3 is 15.0 Å². The summed E-state index contributed by atoms with van der Waals surface area (Å²) in [5.74, 6) is 1.40. The molecule has 92 valence electrons. The van der Waals surface area contributed by atoms with Crippen LogP contribution in [0.15, 0.2) is 6.20 Å². The van der Waals surface area contributed by atoms with Gasteiger partial charge in [0, 0.05) is 19.7 Å². The second kappa shape index (κ2) is 6.23. The van der Waals surface area contributed by atoms with Crippen molar-refractivity contribution < 1.29 is 5.11 Å². The van der Waals surface area contributed by atoms with E-state index in [0.29, 0.717) is 23.7 Å². The Morgan fingerprint density at radius 2 is 2.25 bits per heavy atom. The molecule has 1 atom stereocenters. The van der Waals surface area contributed by atoms with Crippen molar-refractivity contribution in [2.24, 2.45) is 13.0 Å². The maximum atomic E-state index is 8.96. The molecule has 0 bridgehead atoms. The zero-order chi connectivity index (χ0) is 12.1. The molecule has 1 heterocycles. The fourth-order valence-corrected chi connectivity index (χ4v) is 1.77. The second-order valence-electron chi connectivity index (χ2n) is 4.30. The Hall–Kier alpha value is -0.580. The quantitative estimate of drug-likeness (QED) is 0.800. The summed E-state index contributed by atoms with van der Waals surface area (Å²) in [7, 11) is 1.89. The summed E-state index contributed by atoms with van der Waals surface area (Å²) in [6, 6.07) is 0.306. The SMILES string of the molecule is CC(C)C(CCO)NCc1ncc(Cl)n1C. The number of rotatable bonds is 6. The van der Waals surface area contributed by atoms with E-state index in [9.17, 15) is 0 Å². The first-order valence-corrected chi connectivity index (χ1v) is 5.94. The maximum absolute atomic E-state index is 8.96. The third-order valence-corrected chi connectivity index (χ3v) is 3.15. The molecule has 0 aliphatic carbocycles. The topological polar surface area (TPSA) is 50.1 Å². The van der Waals surface area contributed by atoms with Crippen molar-refractivity contribution in [2.75, 3.05) is 6.61 Å². The van der Waals surface area contributed by atoms with Gasteiger partial charge in [0.05, 0.1) is 12.7 Å². The van der Waals surface area contributed by atoms with E-state index in [0.717, 1.165) is 12.2 Å². The van der Waals surface area contributed by atoms with Crippen LogP contribution in [0.2, 0.25) is 5.15 Å². The van der Waals surface area contributed by atoms with Gasteiger partial charge in [0.25, 0.3) is 0 Å². The van der Waals surface area contributed by atoms with Gasteiger partial charge in [-0.1, -0.05) is 25.4 Å². The molecule has 4 nitrogen and oxygen atoms in total. The number of aliphatic hydroxyl groups is 1. The molecular weight excluding hydrogens is 226 g/mol. The fourth-order valence-electron chi connectivity index (χ4n) is 1.62. The normalized spacial score (nSPS) is 13.4. The minimum Gasteiger partial charge on any atom is -0.396 e. The molecule has 0 amide bonds. The van der Waals surface area contributed by atoms with Gasteiger partial charge >= 0.3 is 0 Å². The van der Waals surface area contributed by atoms with Gasteiger partial charge in [-0.2, -0.15) is 0 Å². The van der Waals surface area contributed by atoms with Crippen molar-refractivity contribution in [3.05, 3.63) is 17.2 Å². The molecule has 0 saturated heterocycles. The third kappa shape index (κ3) is 3.47. The molecule has 1 aromatic heterocycles. The number of aromatic nitrogens is 2. The molecule has 1 rings (SSSR count). The van der Waals surface area contributed by atoms with Gasteiger partial charge in [0.2, 0.25) is 0 Å². The highest BCUT2D eigenvalue weighted by molar-refractivity contribution is 6.29. The Kier molecular flexibility index (Phi) is 5.25. The summed E-state index contributed by atoms with van der Waals surface area (Å²) in [6.07, 6.45) is 2.41. The maximum Gasteiger partial charge on any atom is 0.128 e. The van der Waals surface area contributed by atoms with Crippen molar-refractivity contribution >= 4 is 11.6 Å². The Bertz CT molecular complexity index is 325. The number of hydrogen-bond donors (Lipinski definition) is 2. The molecule has 5 heteroatoms. The van der Waals surface area contributed by atoms with E-state index >= 15 is 0 Å². The van der Waals surface area contributed by atoms with E-state index in [1.54, 1.807) is 6.20 Å². The summed E-state index contributed by atoms with van der Waals surface area (Å²) in [4.78, 5) is 4.21. The van der Waals surface area contributed by atoms with Crippen LogP contribution in [0.1, 0.15) is 26.1 Å². The van der Waals surface area contributed by atoms with Gasteiger partial charge in [-0.05, 0) is 12.3 Å². The third-order valence-electron chi connectivity index (χ3n) is 2.79. The standard InChI is InChI=1S/C11H20ClN3O/c1-8(2)9(4-5-16)13-7-11-14-6-10(12)15(11)3/h6,8-9,13,16H,4-5,7H2,1-3H3. The highest BCUT2D eigenvalue weighted by atomic mass is 35.5. The van der Waals surface area contributed by atoms with Crippen molar-refractivity contribution in [1.29, 1.82) is 0 Å². The molecule has 1 unspecified atom stereocenters. The van der Waals surface area contributed by atoms with E-state index in [1.807, 2.05) is 11.6 Å². The van der Waals surface area contributed by atoms with Gasteiger partial charge in [-0.15, -0.1) is 0 Å². The summed E-state index contributed by atoms with van der Waals surface area (Å²) in [6.45, 7) is 5.15. The second-order valence-corrected chi connectivity index (χ2v) is 4.69. The van der Waals surface area contributed by atoms with Gasteiger partial charge in [-0.3, -0.25) is 0 Å². The minimum absolute atomic E-state index is 0.206. The van der Waals surface area contributed by atoms with Crippen LogP contribution in [0, 0.1) is 5.92 Å². The molecule has 0 aliphatic heterocycles. The number of hydrogen-bond acceptors (Lipinski definition) is 3. The van der Waals surface area contributed by atoms with Crippen molar-refractivity contribution in [3.63, 3.8) is 0 Å². The predicted molar refractivity (Wildman–Crippen MR) is 65.4 cm³/mol. The van der Waals surface area contributed by atoms with Crippen LogP contribution in [0.4, 0.5) is 0 Å². The van der Waals surface area contributed by atoms with Crippen LogP contribution in [-0.4, -0.2) is 27.3 Å². The highest BCUT2D eigenvalue weighted by Gasteiger charge is 2.13. The monoisotopic (exact) mass is 245 g/mol. The predicted octanol–water partition coefficient (Wildman–Crippen LogP) is 1.57. The molecule has 16 heavy (non-hydrogen) atoms. The first-order valence-electron chi connectivity index (χ1n) is 5.56. The molecule has 0 aliphatic rings. The number of nitrogens with zero attached hydrogens (tertiary/aromatic N) is 2. The first kappa shape index (κ1) is 13.5. The van der Waals surface area contributed by atoms with Gasteiger partial charge in [-0.25, -0.2) is 4.98 Å². The molecule has 1 aromatic rings. The fraction of sp³-hybridized carbons (Fsp3) is 0.727. The lowest BCUT2D eigenvalue weighted by Gasteiger charge is -2.21. The van der Waals surface area contributed by atoms with Crippen LogP contribution in [0.3, 0.4) is 0 Å². The average molecular weight is 246 g/mol. The van der Waals surface area contributed by atoms with E-state index in [-0.39, 0.29) is 6.61 Å². The van der Waals surface area contributed by atoms with E-state index in [4.69, 9.17) is 16.7 Å². The van der Waals surface area contributed by atoms with E-state index < -0.39 is 0 Å². The Morgan fingerprint density at radius 1 is 1.56 bits per heavy atom. The summed E-state index contributed by atoms with van der Waals surface area (Å²) >= 11 is 5.90. The van der Waals surface area contributed by atoms with Crippen LogP contribution in [0.25, 0.3) is 0 Å². The molecule has 0 radical (unpaired) electrons. The number of halogens is 1. The van der Waals surface area contributed by atoms with E-state index in [2.05, 4.69) is 24.1 Å². The lowest BCUT2D eigenvalue weighted by Crippen LogP contribution is -2.34. The average Bonchev–Trinajstić information content (AvgIpc) is 2.55. The summed E-state index contributed by atoms with van der Waals surface area (Å²) < 4.78 is 1.85. The van der Waals surface area contributed by atoms with Crippen LogP contribution in [-0.2, 0) is 13.6 Å². The van der Waals surface area contributed by atoms with Crippen LogP contribution < -0.4 is 5.32 Å². The van der Waals surface area contributed by atoms with Crippen molar-refractivity contribution in [1.82, 2.24) is 14.9 Å². The molecule has 2 N–H and O–H groups in total. The number of nitrogens with one attached hydrogen (secondary N) is 1. The van der Waals surface area contributed by atoms with Crippen LogP contribution >= 0.6 is 11.6 Å². The highest BCUT2D eigenvalue weighted by Crippen LogP contribution is 2.10. The zero-order valence-electron chi connectivity index (χ0n) is 10.1. The Labute approximate surface area is 102 Å².